The maximum Gasteiger partial charge on any atom is 0.304 e. The molecule has 2 N–H and O–H groups in total. The SMILES string of the molecule is CC(C(=O)NC1CC1)N(CCC(=O)O)C(C)(C)C. The molecular formula is C13H24N2O3. The summed E-state index contributed by atoms with van der Waals surface area (Å²) in [7, 11) is 0. The first kappa shape index (κ1) is 15.0. The molecule has 1 aliphatic carbocycles. The Labute approximate surface area is 109 Å². The third kappa shape index (κ3) is 4.64. The van der Waals surface area contributed by atoms with Gasteiger partial charge in [0.15, 0.2) is 0 Å². The quantitative estimate of drug-likeness (QED) is 0.750. The molecule has 0 aromatic carbocycles. The molecule has 1 aliphatic rings. The van der Waals surface area contributed by atoms with Crippen molar-refractivity contribution in [1.29, 1.82) is 0 Å². The molecule has 104 valence electrons. The van der Waals surface area contributed by atoms with Gasteiger partial charge in [0.05, 0.1) is 12.5 Å². The predicted molar refractivity (Wildman–Crippen MR) is 69.3 cm³/mol. The van der Waals surface area contributed by atoms with Gasteiger partial charge in [0.25, 0.3) is 0 Å². The number of nitrogens with one attached hydrogen (secondary N) is 1. The Morgan fingerprint density at radius 2 is 1.94 bits per heavy atom. The second-order valence-electron chi connectivity index (χ2n) is 5.97. The van der Waals surface area contributed by atoms with Crippen LogP contribution in [0.15, 0.2) is 0 Å². The summed E-state index contributed by atoms with van der Waals surface area (Å²) in [6.45, 7) is 8.21. The number of carboxylic acids is 1. The van der Waals surface area contributed by atoms with Crippen LogP contribution in [0.1, 0.15) is 47.0 Å². The fourth-order valence-corrected chi connectivity index (χ4v) is 2.02. The minimum absolute atomic E-state index is 0.00202. The van der Waals surface area contributed by atoms with Crippen LogP contribution in [-0.4, -0.2) is 46.1 Å². The van der Waals surface area contributed by atoms with E-state index in [2.05, 4.69) is 5.32 Å². The molecule has 0 aliphatic heterocycles. The summed E-state index contributed by atoms with van der Waals surface area (Å²) >= 11 is 0. The van der Waals surface area contributed by atoms with Gasteiger partial charge in [0.1, 0.15) is 0 Å². The Balaban J connectivity index is 2.61. The van der Waals surface area contributed by atoms with Crippen molar-refractivity contribution < 1.29 is 14.7 Å². The lowest BCUT2D eigenvalue weighted by Gasteiger charge is -2.39. The number of rotatable bonds is 6. The zero-order chi connectivity index (χ0) is 13.9. The van der Waals surface area contributed by atoms with Gasteiger partial charge in [-0.25, -0.2) is 0 Å². The van der Waals surface area contributed by atoms with Gasteiger partial charge in [0.2, 0.25) is 5.91 Å². The van der Waals surface area contributed by atoms with Crippen molar-refractivity contribution in [3.8, 4) is 0 Å². The monoisotopic (exact) mass is 256 g/mol. The molecule has 0 spiro atoms. The van der Waals surface area contributed by atoms with Crippen LogP contribution in [0.5, 0.6) is 0 Å². The normalized spacial score (nSPS) is 17.6. The van der Waals surface area contributed by atoms with Gasteiger partial charge in [-0.05, 0) is 40.5 Å². The minimum Gasteiger partial charge on any atom is -0.481 e. The Morgan fingerprint density at radius 1 is 1.39 bits per heavy atom. The summed E-state index contributed by atoms with van der Waals surface area (Å²) in [5.74, 6) is -0.836. The molecule has 1 fully saturated rings. The zero-order valence-corrected chi connectivity index (χ0v) is 11.7. The molecule has 0 bridgehead atoms. The van der Waals surface area contributed by atoms with Gasteiger partial charge < -0.3 is 10.4 Å². The number of aliphatic carboxylic acids is 1. The Kier molecular flexibility index (Phi) is 4.73. The molecule has 1 amide bonds. The Bertz CT molecular complexity index is 319. The number of hydrogen-bond donors (Lipinski definition) is 2. The first-order chi connectivity index (χ1) is 8.21. The lowest BCUT2D eigenvalue weighted by atomic mass is 10.0. The van der Waals surface area contributed by atoms with Crippen molar-refractivity contribution in [3.05, 3.63) is 0 Å². The Hall–Kier alpha value is -1.10. The molecule has 18 heavy (non-hydrogen) atoms. The van der Waals surface area contributed by atoms with Crippen LogP contribution in [0.3, 0.4) is 0 Å². The molecule has 0 radical (unpaired) electrons. The van der Waals surface area contributed by atoms with E-state index in [4.69, 9.17) is 5.11 Å². The fraction of sp³-hybridized carbons (Fsp3) is 0.846. The average Bonchev–Trinajstić information content (AvgIpc) is 2.98. The first-order valence-corrected chi connectivity index (χ1v) is 6.50. The minimum atomic E-state index is -0.834. The van der Waals surface area contributed by atoms with E-state index in [9.17, 15) is 9.59 Å². The average molecular weight is 256 g/mol. The molecule has 0 saturated heterocycles. The van der Waals surface area contributed by atoms with Gasteiger partial charge >= 0.3 is 5.97 Å². The van der Waals surface area contributed by atoms with Gasteiger partial charge in [-0.3, -0.25) is 14.5 Å². The van der Waals surface area contributed by atoms with Crippen LogP contribution in [0.25, 0.3) is 0 Å². The molecule has 1 saturated carbocycles. The van der Waals surface area contributed by atoms with Gasteiger partial charge in [-0.15, -0.1) is 0 Å². The first-order valence-electron chi connectivity index (χ1n) is 6.50. The van der Waals surface area contributed by atoms with Crippen LogP contribution in [0.4, 0.5) is 0 Å². The van der Waals surface area contributed by atoms with E-state index < -0.39 is 5.97 Å². The van der Waals surface area contributed by atoms with Crippen molar-refractivity contribution in [3.63, 3.8) is 0 Å². The summed E-state index contributed by atoms with van der Waals surface area (Å²) in [4.78, 5) is 24.7. The molecule has 1 atom stereocenters. The van der Waals surface area contributed by atoms with Gasteiger partial charge in [-0.2, -0.15) is 0 Å². The summed E-state index contributed by atoms with van der Waals surface area (Å²) in [6, 6.07) is 0.0335. The van der Waals surface area contributed by atoms with E-state index in [1.165, 1.54) is 0 Å². The predicted octanol–water partition coefficient (Wildman–Crippen LogP) is 1.23. The molecular weight excluding hydrogens is 232 g/mol. The summed E-state index contributed by atoms with van der Waals surface area (Å²) < 4.78 is 0. The van der Waals surface area contributed by atoms with Crippen molar-refractivity contribution in [2.75, 3.05) is 6.54 Å². The Morgan fingerprint density at radius 3 is 2.33 bits per heavy atom. The van der Waals surface area contributed by atoms with E-state index >= 15 is 0 Å². The van der Waals surface area contributed by atoms with E-state index in [0.717, 1.165) is 12.8 Å². The molecule has 1 rings (SSSR count). The molecule has 0 aromatic heterocycles. The van der Waals surface area contributed by atoms with Crippen LogP contribution < -0.4 is 5.32 Å². The number of carboxylic acid groups (broad SMARTS) is 1. The molecule has 5 heteroatoms. The van der Waals surface area contributed by atoms with Crippen LogP contribution in [-0.2, 0) is 9.59 Å². The fourth-order valence-electron chi connectivity index (χ4n) is 2.02. The maximum absolute atomic E-state index is 12.0. The molecule has 5 nitrogen and oxygen atoms in total. The van der Waals surface area contributed by atoms with Crippen LogP contribution >= 0.6 is 0 Å². The van der Waals surface area contributed by atoms with Gasteiger partial charge in [-0.1, -0.05) is 0 Å². The number of carbonyl (C=O) groups excluding carboxylic acids is 1. The topological polar surface area (TPSA) is 69.6 Å². The van der Waals surface area contributed by atoms with E-state index in [1.807, 2.05) is 32.6 Å². The van der Waals surface area contributed by atoms with E-state index in [1.54, 1.807) is 0 Å². The summed E-state index contributed by atoms with van der Waals surface area (Å²) in [5.41, 5.74) is -0.226. The second kappa shape index (κ2) is 5.69. The number of carbonyl (C=O) groups is 2. The third-order valence-corrected chi connectivity index (χ3v) is 3.20. The lowest BCUT2D eigenvalue weighted by molar-refractivity contribution is -0.139. The van der Waals surface area contributed by atoms with Crippen molar-refractivity contribution in [2.45, 2.75) is 64.6 Å². The highest BCUT2D eigenvalue weighted by atomic mass is 16.4. The van der Waals surface area contributed by atoms with Gasteiger partial charge in [0, 0.05) is 18.1 Å². The second-order valence-corrected chi connectivity index (χ2v) is 5.97. The largest absolute Gasteiger partial charge is 0.481 e. The molecule has 0 heterocycles. The number of hydrogen-bond acceptors (Lipinski definition) is 3. The standard InChI is InChI=1S/C13H24N2O3/c1-9(12(18)14-10-5-6-10)15(13(2,3)4)8-7-11(16)17/h9-10H,5-8H2,1-4H3,(H,14,18)(H,16,17). The molecule has 1 unspecified atom stereocenters. The number of nitrogens with zero attached hydrogens (tertiary/aromatic N) is 1. The van der Waals surface area contributed by atoms with E-state index in [-0.39, 0.29) is 23.9 Å². The van der Waals surface area contributed by atoms with E-state index in [0.29, 0.717) is 12.6 Å². The maximum atomic E-state index is 12.0. The van der Waals surface area contributed by atoms with Crippen LogP contribution in [0, 0.1) is 0 Å². The smallest absolute Gasteiger partial charge is 0.304 e. The van der Waals surface area contributed by atoms with Crippen molar-refractivity contribution >= 4 is 11.9 Å². The number of amides is 1. The molecule has 0 aromatic rings. The lowest BCUT2D eigenvalue weighted by Crippen LogP contribution is -2.54. The summed E-state index contributed by atoms with van der Waals surface area (Å²) in [5, 5.41) is 11.7. The zero-order valence-electron chi connectivity index (χ0n) is 11.7. The highest BCUT2D eigenvalue weighted by Crippen LogP contribution is 2.21. The van der Waals surface area contributed by atoms with Crippen molar-refractivity contribution in [2.24, 2.45) is 0 Å². The highest BCUT2D eigenvalue weighted by molar-refractivity contribution is 5.82. The van der Waals surface area contributed by atoms with Crippen molar-refractivity contribution in [1.82, 2.24) is 10.2 Å². The third-order valence-electron chi connectivity index (χ3n) is 3.20. The summed E-state index contributed by atoms with van der Waals surface area (Å²) in [6.07, 6.45) is 2.17. The van der Waals surface area contributed by atoms with Crippen LogP contribution in [0.2, 0.25) is 0 Å². The highest BCUT2D eigenvalue weighted by Gasteiger charge is 2.33.